The average molecular weight is 251 g/mol. The summed E-state index contributed by atoms with van der Waals surface area (Å²) in [5.41, 5.74) is 2.14. The zero-order valence-corrected chi connectivity index (χ0v) is 10.7. The Labute approximate surface area is 106 Å². The van der Waals surface area contributed by atoms with Crippen LogP contribution in [-0.4, -0.2) is 9.78 Å². The molecule has 1 aromatic carbocycles. The number of benzene rings is 1. The van der Waals surface area contributed by atoms with Crippen LogP contribution in [0.25, 0.3) is 0 Å². The predicted molar refractivity (Wildman–Crippen MR) is 68.4 cm³/mol. The molecule has 17 heavy (non-hydrogen) atoms. The first-order valence-electron chi connectivity index (χ1n) is 5.59. The molecule has 0 saturated carbocycles. The van der Waals surface area contributed by atoms with Crippen molar-refractivity contribution in [2.24, 2.45) is 0 Å². The van der Waals surface area contributed by atoms with E-state index in [-0.39, 0.29) is 0 Å². The average Bonchev–Trinajstić information content (AvgIpc) is 2.78. The van der Waals surface area contributed by atoms with Crippen LogP contribution in [0.3, 0.4) is 0 Å². The van der Waals surface area contributed by atoms with E-state index in [2.05, 4.69) is 12.0 Å². The molecule has 1 heterocycles. The molecule has 0 saturated heterocycles. The van der Waals surface area contributed by atoms with Crippen LogP contribution in [0.2, 0.25) is 5.02 Å². The van der Waals surface area contributed by atoms with E-state index in [1.807, 2.05) is 42.2 Å². The second-order valence-electron chi connectivity index (χ2n) is 3.90. The van der Waals surface area contributed by atoms with Crippen LogP contribution in [0.15, 0.2) is 30.6 Å². The van der Waals surface area contributed by atoms with E-state index >= 15 is 0 Å². The minimum atomic E-state index is 0.515. The summed E-state index contributed by atoms with van der Waals surface area (Å²) in [4.78, 5) is 0. The Hall–Kier alpha value is -1.48. The molecule has 0 amide bonds. The maximum atomic E-state index is 5.93. The number of aromatic nitrogens is 2. The van der Waals surface area contributed by atoms with Crippen molar-refractivity contribution in [1.82, 2.24) is 9.78 Å². The lowest BCUT2D eigenvalue weighted by atomic mass is 10.2. The normalized spacial score (nSPS) is 10.5. The molecule has 0 N–H and O–H groups in total. The van der Waals surface area contributed by atoms with Gasteiger partial charge in [0.25, 0.3) is 0 Å². The zero-order chi connectivity index (χ0) is 12.3. The molecule has 0 aliphatic carbocycles. The quantitative estimate of drug-likeness (QED) is 0.831. The second kappa shape index (κ2) is 5.23. The fraction of sp³-hybridized carbons (Fsp3) is 0.308. The third-order valence-corrected chi connectivity index (χ3v) is 2.79. The van der Waals surface area contributed by atoms with E-state index in [0.29, 0.717) is 11.6 Å². The van der Waals surface area contributed by atoms with Crippen LogP contribution < -0.4 is 4.74 Å². The molecule has 0 aliphatic rings. The van der Waals surface area contributed by atoms with E-state index in [9.17, 15) is 0 Å². The van der Waals surface area contributed by atoms with Crippen LogP contribution in [-0.2, 0) is 13.2 Å². The monoisotopic (exact) mass is 250 g/mol. The van der Waals surface area contributed by atoms with E-state index in [4.69, 9.17) is 16.3 Å². The second-order valence-corrected chi connectivity index (χ2v) is 4.34. The highest BCUT2D eigenvalue weighted by Gasteiger charge is 2.03. The number of aryl methyl sites for hydroxylation is 2. The number of halogens is 1. The SMILES string of the molecule is CCn1cc(COc2cc(Cl)ccc2C)cn1. The van der Waals surface area contributed by atoms with Crippen LogP contribution in [0.5, 0.6) is 5.75 Å². The first-order chi connectivity index (χ1) is 8.19. The molecule has 0 atom stereocenters. The van der Waals surface area contributed by atoms with Gasteiger partial charge in [-0.25, -0.2) is 0 Å². The predicted octanol–water partition coefficient (Wildman–Crippen LogP) is 3.44. The molecule has 2 rings (SSSR count). The van der Waals surface area contributed by atoms with Crippen molar-refractivity contribution in [3.63, 3.8) is 0 Å². The van der Waals surface area contributed by atoms with E-state index in [1.54, 1.807) is 0 Å². The fourth-order valence-electron chi connectivity index (χ4n) is 1.54. The van der Waals surface area contributed by atoms with Gasteiger partial charge in [0.05, 0.1) is 6.20 Å². The standard InChI is InChI=1S/C13H15ClN2O/c1-3-16-8-11(7-15-16)9-17-13-6-12(14)5-4-10(13)2/h4-8H,3,9H2,1-2H3. The van der Waals surface area contributed by atoms with Crippen molar-refractivity contribution in [2.45, 2.75) is 27.0 Å². The van der Waals surface area contributed by atoms with Gasteiger partial charge in [-0.2, -0.15) is 5.10 Å². The van der Waals surface area contributed by atoms with Gasteiger partial charge >= 0.3 is 0 Å². The van der Waals surface area contributed by atoms with Crippen LogP contribution >= 0.6 is 11.6 Å². The number of hydrogen-bond acceptors (Lipinski definition) is 2. The van der Waals surface area contributed by atoms with Gasteiger partial charge in [0.2, 0.25) is 0 Å². The summed E-state index contributed by atoms with van der Waals surface area (Å²) in [6, 6.07) is 5.65. The van der Waals surface area contributed by atoms with Gasteiger partial charge in [0, 0.05) is 23.3 Å². The molecule has 0 spiro atoms. The lowest BCUT2D eigenvalue weighted by Crippen LogP contribution is -1.96. The zero-order valence-electron chi connectivity index (χ0n) is 9.98. The van der Waals surface area contributed by atoms with Gasteiger partial charge in [0.15, 0.2) is 0 Å². The Morgan fingerprint density at radius 1 is 1.41 bits per heavy atom. The Bertz CT molecular complexity index is 508. The lowest BCUT2D eigenvalue weighted by Gasteiger charge is -2.08. The fourth-order valence-corrected chi connectivity index (χ4v) is 1.71. The number of hydrogen-bond donors (Lipinski definition) is 0. The number of ether oxygens (including phenoxy) is 1. The third-order valence-electron chi connectivity index (χ3n) is 2.56. The summed E-state index contributed by atoms with van der Waals surface area (Å²) in [5.74, 6) is 0.821. The van der Waals surface area contributed by atoms with E-state index in [1.165, 1.54) is 0 Å². The highest BCUT2D eigenvalue weighted by Crippen LogP contribution is 2.23. The molecule has 0 bridgehead atoms. The van der Waals surface area contributed by atoms with Crippen LogP contribution in [0, 0.1) is 6.92 Å². The van der Waals surface area contributed by atoms with Crippen molar-refractivity contribution in [3.8, 4) is 5.75 Å². The van der Waals surface area contributed by atoms with Crippen molar-refractivity contribution in [2.75, 3.05) is 0 Å². The van der Waals surface area contributed by atoms with Crippen molar-refractivity contribution in [1.29, 1.82) is 0 Å². The Morgan fingerprint density at radius 3 is 2.94 bits per heavy atom. The van der Waals surface area contributed by atoms with Crippen molar-refractivity contribution >= 4 is 11.6 Å². The third kappa shape index (κ3) is 3.01. The molecule has 90 valence electrons. The summed E-state index contributed by atoms with van der Waals surface area (Å²) in [5, 5.41) is 4.89. The minimum absolute atomic E-state index is 0.515. The molecule has 0 fully saturated rings. The summed E-state index contributed by atoms with van der Waals surface area (Å²) < 4.78 is 7.60. The van der Waals surface area contributed by atoms with Gasteiger partial charge in [-0.1, -0.05) is 17.7 Å². The van der Waals surface area contributed by atoms with Crippen LogP contribution in [0.1, 0.15) is 18.1 Å². The van der Waals surface area contributed by atoms with E-state index in [0.717, 1.165) is 23.4 Å². The minimum Gasteiger partial charge on any atom is -0.488 e. The lowest BCUT2D eigenvalue weighted by molar-refractivity contribution is 0.304. The van der Waals surface area contributed by atoms with Crippen LogP contribution in [0.4, 0.5) is 0 Å². The molecule has 3 nitrogen and oxygen atoms in total. The highest BCUT2D eigenvalue weighted by atomic mass is 35.5. The summed E-state index contributed by atoms with van der Waals surface area (Å²) in [6.45, 7) is 5.44. The van der Waals surface area contributed by atoms with Gasteiger partial charge in [-0.3, -0.25) is 4.68 Å². The summed E-state index contributed by atoms with van der Waals surface area (Å²) >= 11 is 5.93. The molecular formula is C13H15ClN2O. The molecular weight excluding hydrogens is 236 g/mol. The van der Waals surface area contributed by atoms with Gasteiger partial charge < -0.3 is 4.74 Å². The molecule has 2 aromatic rings. The summed E-state index contributed by atoms with van der Waals surface area (Å²) in [7, 11) is 0. The molecule has 4 heteroatoms. The van der Waals surface area contributed by atoms with E-state index < -0.39 is 0 Å². The van der Waals surface area contributed by atoms with Gasteiger partial charge in [0.1, 0.15) is 12.4 Å². The van der Waals surface area contributed by atoms with Crippen molar-refractivity contribution in [3.05, 3.63) is 46.7 Å². The summed E-state index contributed by atoms with van der Waals surface area (Å²) in [6.07, 6.45) is 3.81. The molecule has 0 unspecified atom stereocenters. The number of rotatable bonds is 4. The molecule has 0 radical (unpaired) electrons. The Balaban J connectivity index is 2.04. The van der Waals surface area contributed by atoms with Crippen molar-refractivity contribution < 1.29 is 4.74 Å². The van der Waals surface area contributed by atoms with Gasteiger partial charge in [-0.15, -0.1) is 0 Å². The first-order valence-corrected chi connectivity index (χ1v) is 5.97. The Morgan fingerprint density at radius 2 is 2.24 bits per heavy atom. The van der Waals surface area contributed by atoms with Gasteiger partial charge in [-0.05, 0) is 31.5 Å². The molecule has 1 aromatic heterocycles. The number of nitrogens with zero attached hydrogens (tertiary/aromatic N) is 2. The maximum Gasteiger partial charge on any atom is 0.124 e. The highest BCUT2D eigenvalue weighted by molar-refractivity contribution is 6.30. The smallest absolute Gasteiger partial charge is 0.124 e. The Kier molecular flexibility index (Phi) is 3.69. The molecule has 0 aliphatic heterocycles. The largest absolute Gasteiger partial charge is 0.488 e. The maximum absolute atomic E-state index is 5.93. The first kappa shape index (κ1) is 12.0. The topological polar surface area (TPSA) is 27.1 Å².